The Bertz CT molecular complexity index is 1010. The number of hydrogen-bond acceptors (Lipinski definition) is 5. The summed E-state index contributed by atoms with van der Waals surface area (Å²) < 4.78 is 16.6. The number of methoxy groups -OCH3 is 2. The lowest BCUT2D eigenvalue weighted by molar-refractivity contribution is 0.0102. The van der Waals surface area contributed by atoms with Crippen molar-refractivity contribution >= 4 is 0 Å². The third-order valence-corrected chi connectivity index (χ3v) is 5.73. The molecule has 3 aromatic rings. The molecular formula is C24H24O5. The van der Waals surface area contributed by atoms with Crippen molar-refractivity contribution < 1.29 is 24.4 Å². The van der Waals surface area contributed by atoms with Crippen LogP contribution >= 0.6 is 0 Å². The molecule has 0 spiro atoms. The molecule has 0 aliphatic carbocycles. The Kier molecular flexibility index (Phi) is 4.84. The first kappa shape index (κ1) is 19.2. The number of aromatic hydroxyl groups is 1. The third kappa shape index (κ3) is 3.08. The minimum atomic E-state index is -1.34. The Morgan fingerprint density at radius 1 is 0.897 bits per heavy atom. The largest absolute Gasteiger partial charge is 0.508 e. The number of ether oxygens (including phenoxy) is 3. The number of hydrogen-bond donors (Lipinski definition) is 2. The van der Waals surface area contributed by atoms with Crippen LogP contribution in [0, 0.1) is 6.92 Å². The summed E-state index contributed by atoms with van der Waals surface area (Å²) in [5.41, 5.74) is 1.56. The van der Waals surface area contributed by atoms with Gasteiger partial charge in [0.05, 0.1) is 26.7 Å². The van der Waals surface area contributed by atoms with E-state index in [0.29, 0.717) is 22.6 Å². The number of benzene rings is 3. The summed E-state index contributed by atoms with van der Waals surface area (Å²) in [4.78, 5) is 0. The predicted molar refractivity (Wildman–Crippen MR) is 110 cm³/mol. The molecule has 0 radical (unpaired) electrons. The Labute approximate surface area is 170 Å². The first-order valence-electron chi connectivity index (χ1n) is 9.45. The average Bonchev–Trinajstić information content (AvgIpc) is 2.77. The van der Waals surface area contributed by atoms with E-state index in [1.165, 1.54) is 0 Å². The highest BCUT2D eigenvalue weighted by atomic mass is 16.5. The monoisotopic (exact) mass is 392 g/mol. The molecule has 2 atom stereocenters. The summed E-state index contributed by atoms with van der Waals surface area (Å²) in [6.07, 6.45) is 0. The lowest BCUT2D eigenvalue weighted by Crippen LogP contribution is -2.42. The van der Waals surface area contributed by atoms with E-state index in [2.05, 4.69) is 0 Å². The quantitative estimate of drug-likeness (QED) is 0.699. The van der Waals surface area contributed by atoms with Crippen LogP contribution in [0.2, 0.25) is 0 Å². The topological polar surface area (TPSA) is 68.2 Å². The van der Waals surface area contributed by atoms with Crippen LogP contribution in [0.5, 0.6) is 23.0 Å². The molecule has 5 heteroatoms. The summed E-state index contributed by atoms with van der Waals surface area (Å²) in [5.74, 6) is 1.78. The maximum atomic E-state index is 12.2. The molecule has 2 N–H and O–H groups in total. The molecule has 2 unspecified atom stereocenters. The van der Waals surface area contributed by atoms with Gasteiger partial charge in [0.15, 0.2) is 0 Å². The lowest BCUT2D eigenvalue weighted by Gasteiger charge is -2.42. The van der Waals surface area contributed by atoms with Gasteiger partial charge in [0, 0.05) is 11.1 Å². The standard InChI is InChI=1S/C24H24O5/c1-15-22(25)13-12-20-23(15)29-14-21(16-4-8-18(27-2)9-5-16)24(20,26)17-6-10-19(28-3)11-7-17/h4-13,21,25-26H,14H2,1-3H3. The van der Waals surface area contributed by atoms with E-state index in [1.54, 1.807) is 33.3 Å². The maximum Gasteiger partial charge on any atom is 0.132 e. The summed E-state index contributed by atoms with van der Waals surface area (Å²) in [7, 11) is 3.23. The van der Waals surface area contributed by atoms with Crippen molar-refractivity contribution in [3.05, 3.63) is 82.9 Å². The molecule has 0 fully saturated rings. The lowest BCUT2D eigenvalue weighted by atomic mass is 9.71. The summed E-state index contributed by atoms with van der Waals surface area (Å²) in [5, 5.41) is 22.3. The van der Waals surface area contributed by atoms with Crippen LogP contribution in [-0.4, -0.2) is 31.0 Å². The van der Waals surface area contributed by atoms with Crippen LogP contribution in [0.1, 0.15) is 28.2 Å². The first-order valence-corrected chi connectivity index (χ1v) is 9.45. The van der Waals surface area contributed by atoms with Gasteiger partial charge in [0.25, 0.3) is 0 Å². The van der Waals surface area contributed by atoms with Gasteiger partial charge in [-0.2, -0.15) is 0 Å². The first-order chi connectivity index (χ1) is 14.0. The zero-order valence-corrected chi connectivity index (χ0v) is 16.7. The van der Waals surface area contributed by atoms with E-state index >= 15 is 0 Å². The van der Waals surface area contributed by atoms with Gasteiger partial charge in [0.2, 0.25) is 0 Å². The van der Waals surface area contributed by atoms with Gasteiger partial charge in [0.1, 0.15) is 28.6 Å². The van der Waals surface area contributed by atoms with Crippen molar-refractivity contribution in [3.63, 3.8) is 0 Å². The molecule has 29 heavy (non-hydrogen) atoms. The van der Waals surface area contributed by atoms with Crippen molar-refractivity contribution in [1.29, 1.82) is 0 Å². The smallest absolute Gasteiger partial charge is 0.132 e. The second-order valence-electron chi connectivity index (χ2n) is 7.22. The Balaban J connectivity index is 1.91. The molecule has 5 nitrogen and oxygen atoms in total. The SMILES string of the molecule is COc1ccc(C2COc3c(ccc(O)c3C)C2(O)c2ccc(OC)cc2)cc1. The summed E-state index contributed by atoms with van der Waals surface area (Å²) in [6, 6.07) is 18.4. The molecule has 1 aliphatic rings. The van der Waals surface area contributed by atoms with E-state index in [1.807, 2.05) is 48.5 Å². The van der Waals surface area contributed by atoms with Crippen molar-refractivity contribution in [3.8, 4) is 23.0 Å². The molecule has 150 valence electrons. The summed E-state index contributed by atoms with van der Waals surface area (Å²) >= 11 is 0. The highest BCUT2D eigenvalue weighted by Gasteiger charge is 2.47. The molecule has 3 aromatic carbocycles. The van der Waals surface area contributed by atoms with Crippen molar-refractivity contribution in [2.24, 2.45) is 0 Å². The number of phenols is 1. The van der Waals surface area contributed by atoms with E-state index in [4.69, 9.17) is 14.2 Å². The van der Waals surface area contributed by atoms with E-state index < -0.39 is 5.60 Å². The van der Waals surface area contributed by atoms with Gasteiger partial charge in [-0.05, 0) is 54.4 Å². The Morgan fingerprint density at radius 2 is 1.48 bits per heavy atom. The normalized spacial score (nSPS) is 20.5. The van der Waals surface area contributed by atoms with Crippen molar-refractivity contribution in [1.82, 2.24) is 0 Å². The van der Waals surface area contributed by atoms with Gasteiger partial charge in [-0.25, -0.2) is 0 Å². The molecule has 0 saturated carbocycles. The van der Waals surface area contributed by atoms with Crippen LogP contribution in [0.4, 0.5) is 0 Å². The van der Waals surface area contributed by atoms with Crippen LogP contribution in [0.3, 0.4) is 0 Å². The Morgan fingerprint density at radius 3 is 2.07 bits per heavy atom. The molecule has 0 saturated heterocycles. The molecule has 1 aliphatic heterocycles. The minimum absolute atomic E-state index is 0.142. The summed E-state index contributed by atoms with van der Waals surface area (Å²) in [6.45, 7) is 2.06. The molecule has 0 aromatic heterocycles. The van der Waals surface area contributed by atoms with Crippen LogP contribution in [-0.2, 0) is 5.60 Å². The fourth-order valence-electron chi connectivity index (χ4n) is 4.02. The molecular weight excluding hydrogens is 368 g/mol. The fourth-order valence-corrected chi connectivity index (χ4v) is 4.02. The van der Waals surface area contributed by atoms with E-state index in [-0.39, 0.29) is 18.3 Å². The van der Waals surface area contributed by atoms with Crippen LogP contribution in [0.15, 0.2) is 60.7 Å². The van der Waals surface area contributed by atoms with E-state index in [9.17, 15) is 10.2 Å². The van der Waals surface area contributed by atoms with Gasteiger partial charge in [-0.1, -0.05) is 24.3 Å². The molecule has 0 amide bonds. The predicted octanol–water partition coefficient (Wildman–Crippen LogP) is 4.13. The molecule has 4 rings (SSSR count). The highest BCUT2D eigenvalue weighted by Crippen LogP contribution is 2.51. The highest BCUT2D eigenvalue weighted by molar-refractivity contribution is 5.57. The average molecular weight is 392 g/mol. The van der Waals surface area contributed by atoms with Gasteiger partial charge in [-0.15, -0.1) is 0 Å². The Hall–Kier alpha value is -3.18. The van der Waals surface area contributed by atoms with Gasteiger partial charge < -0.3 is 24.4 Å². The second kappa shape index (κ2) is 7.33. The van der Waals surface area contributed by atoms with Gasteiger partial charge in [-0.3, -0.25) is 0 Å². The zero-order valence-electron chi connectivity index (χ0n) is 16.7. The zero-order chi connectivity index (χ0) is 20.6. The minimum Gasteiger partial charge on any atom is -0.508 e. The molecule has 0 bridgehead atoms. The van der Waals surface area contributed by atoms with Crippen molar-refractivity contribution in [2.75, 3.05) is 20.8 Å². The number of fused-ring (bicyclic) bond motifs is 1. The van der Waals surface area contributed by atoms with Crippen LogP contribution in [0.25, 0.3) is 0 Å². The van der Waals surface area contributed by atoms with Crippen LogP contribution < -0.4 is 14.2 Å². The maximum absolute atomic E-state index is 12.2. The van der Waals surface area contributed by atoms with E-state index in [0.717, 1.165) is 16.9 Å². The number of rotatable bonds is 4. The van der Waals surface area contributed by atoms with Gasteiger partial charge >= 0.3 is 0 Å². The third-order valence-electron chi connectivity index (χ3n) is 5.73. The fraction of sp³-hybridized carbons (Fsp3) is 0.250. The number of phenolic OH excluding ortho intramolecular Hbond substituents is 1. The second-order valence-corrected chi connectivity index (χ2v) is 7.22. The number of aliphatic hydroxyl groups is 1. The molecule has 1 heterocycles. The van der Waals surface area contributed by atoms with Crippen molar-refractivity contribution in [2.45, 2.75) is 18.4 Å².